The minimum atomic E-state index is -3.85. The highest BCUT2D eigenvalue weighted by Crippen LogP contribution is 2.19. The van der Waals surface area contributed by atoms with Gasteiger partial charge in [0.25, 0.3) is 15.9 Å². The average Bonchev–Trinajstić information content (AvgIpc) is 3.27. The molecule has 3 heterocycles. The maximum absolute atomic E-state index is 13.1. The lowest BCUT2D eigenvalue weighted by Gasteiger charge is -2.34. The standard InChI is InChI=1S/C25H24FN5O3S/c26-20-6-10-23(11-7-20)35(33,34)28-21-8-4-19(5-9-21)25(32)30-15-13-29(14-16-30)17-22-18-31-12-2-1-3-24(31)27-22/h1-12,18,28H,13-17H2. The fourth-order valence-corrected chi connectivity index (χ4v) is 5.15. The normalized spacial score (nSPS) is 14.8. The molecule has 1 fully saturated rings. The van der Waals surface area contributed by atoms with Crippen LogP contribution in [0.25, 0.3) is 5.65 Å². The molecule has 180 valence electrons. The Morgan fingerprint density at radius 3 is 2.34 bits per heavy atom. The van der Waals surface area contributed by atoms with Crippen molar-refractivity contribution in [3.8, 4) is 0 Å². The van der Waals surface area contributed by atoms with Crippen molar-refractivity contribution in [1.29, 1.82) is 0 Å². The molecular weight excluding hydrogens is 469 g/mol. The zero-order valence-electron chi connectivity index (χ0n) is 18.8. The number of carbonyl (C=O) groups is 1. The van der Waals surface area contributed by atoms with E-state index in [1.807, 2.05) is 35.0 Å². The quantitative estimate of drug-likeness (QED) is 0.446. The highest BCUT2D eigenvalue weighted by molar-refractivity contribution is 7.92. The lowest BCUT2D eigenvalue weighted by atomic mass is 10.1. The van der Waals surface area contributed by atoms with Crippen LogP contribution in [0.15, 0.2) is 84.0 Å². The fourth-order valence-electron chi connectivity index (χ4n) is 4.09. The Labute approximate surface area is 202 Å². The van der Waals surface area contributed by atoms with Gasteiger partial charge in [-0.2, -0.15) is 0 Å². The van der Waals surface area contributed by atoms with E-state index in [1.165, 1.54) is 12.1 Å². The van der Waals surface area contributed by atoms with Gasteiger partial charge in [0.2, 0.25) is 0 Å². The summed E-state index contributed by atoms with van der Waals surface area (Å²) in [6.07, 6.45) is 4.00. The van der Waals surface area contributed by atoms with Gasteiger partial charge in [0, 0.05) is 56.4 Å². The van der Waals surface area contributed by atoms with Crippen molar-refractivity contribution in [3.63, 3.8) is 0 Å². The van der Waals surface area contributed by atoms with Gasteiger partial charge in [-0.1, -0.05) is 6.07 Å². The Morgan fingerprint density at radius 1 is 0.943 bits per heavy atom. The van der Waals surface area contributed by atoms with Gasteiger partial charge < -0.3 is 9.30 Å². The van der Waals surface area contributed by atoms with Crippen molar-refractivity contribution >= 4 is 27.3 Å². The van der Waals surface area contributed by atoms with Gasteiger partial charge in [-0.25, -0.2) is 17.8 Å². The van der Waals surface area contributed by atoms with Gasteiger partial charge in [-0.3, -0.25) is 14.4 Å². The maximum atomic E-state index is 13.1. The van der Waals surface area contributed by atoms with Gasteiger partial charge in [0.1, 0.15) is 11.5 Å². The topological polar surface area (TPSA) is 87.0 Å². The van der Waals surface area contributed by atoms with Crippen molar-refractivity contribution in [2.45, 2.75) is 11.4 Å². The Morgan fingerprint density at radius 2 is 1.66 bits per heavy atom. The maximum Gasteiger partial charge on any atom is 0.261 e. The van der Waals surface area contributed by atoms with Crippen LogP contribution < -0.4 is 4.72 Å². The molecule has 4 aromatic rings. The molecule has 0 radical (unpaired) electrons. The number of hydrogen-bond acceptors (Lipinski definition) is 5. The van der Waals surface area contributed by atoms with Gasteiger partial charge in [0.05, 0.1) is 10.6 Å². The van der Waals surface area contributed by atoms with Crippen molar-refractivity contribution in [3.05, 3.63) is 96.2 Å². The van der Waals surface area contributed by atoms with Crippen LogP contribution in [0.5, 0.6) is 0 Å². The molecule has 1 N–H and O–H groups in total. The van der Waals surface area contributed by atoms with Gasteiger partial charge >= 0.3 is 0 Å². The van der Waals surface area contributed by atoms with Crippen LogP contribution in [0.3, 0.4) is 0 Å². The van der Waals surface area contributed by atoms with E-state index < -0.39 is 15.8 Å². The molecule has 35 heavy (non-hydrogen) atoms. The molecule has 0 bridgehead atoms. The Hall–Kier alpha value is -3.76. The number of nitrogens with zero attached hydrogens (tertiary/aromatic N) is 4. The number of hydrogen-bond donors (Lipinski definition) is 1. The molecular formula is C25H24FN5O3S. The first-order chi connectivity index (χ1) is 16.9. The van der Waals surface area contributed by atoms with E-state index in [9.17, 15) is 17.6 Å². The number of halogens is 1. The largest absolute Gasteiger partial charge is 0.336 e. The Balaban J connectivity index is 1.17. The number of sulfonamides is 1. The summed E-state index contributed by atoms with van der Waals surface area (Å²) in [6, 6.07) is 16.8. The van der Waals surface area contributed by atoms with E-state index in [0.29, 0.717) is 24.3 Å². The van der Waals surface area contributed by atoms with Crippen molar-refractivity contribution in [2.24, 2.45) is 0 Å². The Bertz CT molecular complexity index is 1410. The minimum Gasteiger partial charge on any atom is -0.336 e. The molecule has 0 atom stereocenters. The summed E-state index contributed by atoms with van der Waals surface area (Å²) in [5, 5.41) is 0. The second-order valence-electron chi connectivity index (χ2n) is 8.40. The lowest BCUT2D eigenvalue weighted by molar-refractivity contribution is 0.0627. The number of carbonyl (C=O) groups excluding carboxylic acids is 1. The third kappa shape index (κ3) is 5.18. The number of benzene rings is 2. The number of pyridine rings is 1. The monoisotopic (exact) mass is 493 g/mol. The molecule has 0 saturated carbocycles. The number of anilines is 1. The fraction of sp³-hybridized carbons (Fsp3) is 0.200. The average molecular weight is 494 g/mol. The second-order valence-corrected chi connectivity index (χ2v) is 10.1. The van der Waals surface area contributed by atoms with E-state index in [-0.39, 0.29) is 10.8 Å². The molecule has 1 saturated heterocycles. The summed E-state index contributed by atoms with van der Waals surface area (Å²) >= 11 is 0. The van der Waals surface area contributed by atoms with Crippen LogP contribution in [-0.2, 0) is 16.6 Å². The first-order valence-corrected chi connectivity index (χ1v) is 12.7. The number of rotatable bonds is 6. The van der Waals surface area contributed by atoms with Crippen LogP contribution in [0.1, 0.15) is 16.1 Å². The molecule has 0 aliphatic carbocycles. The summed E-state index contributed by atoms with van der Waals surface area (Å²) in [6.45, 7) is 3.42. The van der Waals surface area contributed by atoms with Gasteiger partial charge in [-0.05, 0) is 60.7 Å². The van der Waals surface area contributed by atoms with E-state index in [1.54, 1.807) is 29.2 Å². The first kappa shape index (κ1) is 23.0. The Kier molecular flexibility index (Phi) is 6.23. The van der Waals surface area contributed by atoms with E-state index in [2.05, 4.69) is 14.6 Å². The molecule has 0 unspecified atom stereocenters. The van der Waals surface area contributed by atoms with Gasteiger partial charge in [0.15, 0.2) is 0 Å². The van der Waals surface area contributed by atoms with Crippen LogP contribution in [0.4, 0.5) is 10.1 Å². The third-order valence-electron chi connectivity index (χ3n) is 5.97. The molecule has 2 aromatic heterocycles. The number of fused-ring (bicyclic) bond motifs is 1. The molecule has 5 rings (SSSR count). The predicted molar refractivity (Wildman–Crippen MR) is 130 cm³/mol. The zero-order chi connectivity index (χ0) is 24.4. The first-order valence-electron chi connectivity index (χ1n) is 11.2. The van der Waals surface area contributed by atoms with E-state index >= 15 is 0 Å². The summed E-state index contributed by atoms with van der Waals surface area (Å²) in [4.78, 5) is 21.6. The highest BCUT2D eigenvalue weighted by atomic mass is 32.2. The van der Waals surface area contributed by atoms with Crippen LogP contribution in [0.2, 0.25) is 0 Å². The van der Waals surface area contributed by atoms with Gasteiger partial charge in [-0.15, -0.1) is 0 Å². The SMILES string of the molecule is O=C(c1ccc(NS(=O)(=O)c2ccc(F)cc2)cc1)N1CCN(Cc2cn3ccccc3n2)CC1. The lowest BCUT2D eigenvalue weighted by Crippen LogP contribution is -2.48. The number of amides is 1. The summed E-state index contributed by atoms with van der Waals surface area (Å²) in [5.74, 6) is -0.604. The highest BCUT2D eigenvalue weighted by Gasteiger charge is 2.23. The van der Waals surface area contributed by atoms with Crippen molar-refractivity contribution in [1.82, 2.24) is 19.2 Å². The summed E-state index contributed by atoms with van der Waals surface area (Å²) in [7, 11) is -3.85. The molecule has 10 heteroatoms. The number of nitrogens with one attached hydrogen (secondary N) is 1. The molecule has 1 aliphatic rings. The van der Waals surface area contributed by atoms with E-state index in [4.69, 9.17) is 0 Å². The van der Waals surface area contributed by atoms with Crippen molar-refractivity contribution < 1.29 is 17.6 Å². The molecule has 8 nitrogen and oxygen atoms in total. The van der Waals surface area contributed by atoms with E-state index in [0.717, 1.165) is 43.1 Å². The number of aromatic nitrogens is 2. The summed E-state index contributed by atoms with van der Waals surface area (Å²) in [5.41, 5.74) is 2.72. The summed E-state index contributed by atoms with van der Waals surface area (Å²) < 4.78 is 42.5. The molecule has 0 spiro atoms. The second kappa shape index (κ2) is 9.47. The molecule has 2 aromatic carbocycles. The number of imidazole rings is 1. The molecule has 1 amide bonds. The number of piperazine rings is 1. The third-order valence-corrected chi connectivity index (χ3v) is 7.36. The van der Waals surface area contributed by atoms with Crippen LogP contribution >= 0.6 is 0 Å². The zero-order valence-corrected chi connectivity index (χ0v) is 19.7. The molecule has 1 aliphatic heterocycles. The minimum absolute atomic E-state index is 0.0411. The van der Waals surface area contributed by atoms with Crippen LogP contribution in [0, 0.1) is 5.82 Å². The predicted octanol–water partition coefficient (Wildman–Crippen LogP) is 3.23. The smallest absolute Gasteiger partial charge is 0.261 e. The van der Waals surface area contributed by atoms with Crippen LogP contribution in [-0.4, -0.2) is 59.7 Å². The van der Waals surface area contributed by atoms with Crippen molar-refractivity contribution in [2.75, 3.05) is 30.9 Å².